The van der Waals surface area contributed by atoms with Crippen molar-refractivity contribution < 1.29 is 31.4 Å². The molecule has 10 nitrogen and oxygen atoms in total. The Balaban J connectivity index is 1.56. The second-order valence-corrected chi connectivity index (χ2v) is 11.4. The first-order valence-corrected chi connectivity index (χ1v) is 12.9. The van der Waals surface area contributed by atoms with Gasteiger partial charge in [0.25, 0.3) is 0 Å². The first kappa shape index (κ1) is 25.6. The number of nitrogens with zero attached hydrogens (tertiary/aromatic N) is 6. The molecule has 2 aliphatic rings. The summed E-state index contributed by atoms with van der Waals surface area (Å²) in [5.41, 5.74) is 2.94. The first-order valence-electron chi connectivity index (χ1n) is 11.4. The van der Waals surface area contributed by atoms with Crippen LogP contribution in [0.3, 0.4) is 0 Å². The molecule has 0 saturated carbocycles. The molecule has 1 saturated heterocycles. The van der Waals surface area contributed by atoms with Crippen molar-refractivity contribution in [3.05, 3.63) is 53.7 Å². The molecular formula is C23H25F3N6O4S. The fraction of sp³-hybridized carbons (Fsp3) is 0.435. The number of hydrogen-bond donors (Lipinski definition) is 1. The molecule has 1 N–H and O–H groups in total. The predicted octanol–water partition coefficient (Wildman–Crippen LogP) is 2.80. The van der Waals surface area contributed by atoms with E-state index < -0.39 is 35.1 Å². The highest BCUT2D eigenvalue weighted by Gasteiger charge is 2.46. The van der Waals surface area contributed by atoms with Crippen LogP contribution in [0.4, 0.5) is 18.9 Å². The van der Waals surface area contributed by atoms with Gasteiger partial charge in [0, 0.05) is 50.4 Å². The molecule has 3 atom stereocenters. The number of alkyl halides is 3. The van der Waals surface area contributed by atoms with Crippen LogP contribution < -0.4 is 4.90 Å². The molecule has 0 spiro atoms. The van der Waals surface area contributed by atoms with Gasteiger partial charge in [-0.3, -0.25) is 9.67 Å². The van der Waals surface area contributed by atoms with Crippen molar-refractivity contribution in [2.24, 2.45) is 0 Å². The molecule has 0 radical (unpaired) electrons. The molecule has 3 aromatic rings. The number of sulfonamides is 1. The van der Waals surface area contributed by atoms with Gasteiger partial charge in [0.15, 0.2) is 6.23 Å². The van der Waals surface area contributed by atoms with Gasteiger partial charge in [-0.1, -0.05) is 0 Å². The SMILES string of the molecule is Cc1cc(-c2cncc(S(=O)(=O)N(C)C)c2)nc2c1C(O)N(c1cnn(CC(F)(F)F)c1)[C@@H]1CCOC21. The van der Waals surface area contributed by atoms with Crippen molar-refractivity contribution in [1.82, 2.24) is 24.1 Å². The van der Waals surface area contributed by atoms with Crippen molar-refractivity contribution in [2.45, 2.75) is 49.3 Å². The Hall–Kier alpha value is -3.07. The molecule has 5 heterocycles. The summed E-state index contributed by atoms with van der Waals surface area (Å²) < 4.78 is 71.6. The van der Waals surface area contributed by atoms with E-state index in [1.807, 2.05) is 0 Å². The van der Waals surface area contributed by atoms with Gasteiger partial charge in [0.1, 0.15) is 17.5 Å². The molecule has 37 heavy (non-hydrogen) atoms. The van der Waals surface area contributed by atoms with E-state index in [9.17, 15) is 26.7 Å². The number of aliphatic hydroxyl groups is 1. The van der Waals surface area contributed by atoms with Gasteiger partial charge >= 0.3 is 6.18 Å². The van der Waals surface area contributed by atoms with E-state index in [1.54, 1.807) is 17.9 Å². The Kier molecular flexibility index (Phi) is 6.25. The maximum absolute atomic E-state index is 12.8. The molecule has 14 heteroatoms. The molecule has 0 aliphatic carbocycles. The summed E-state index contributed by atoms with van der Waals surface area (Å²) in [6, 6.07) is 2.82. The van der Waals surface area contributed by atoms with E-state index in [-0.39, 0.29) is 10.9 Å². The number of pyridine rings is 2. The van der Waals surface area contributed by atoms with Crippen molar-refractivity contribution in [1.29, 1.82) is 0 Å². The summed E-state index contributed by atoms with van der Waals surface area (Å²) in [7, 11) is -0.849. The van der Waals surface area contributed by atoms with Crippen LogP contribution in [0, 0.1) is 6.92 Å². The zero-order valence-electron chi connectivity index (χ0n) is 20.2. The van der Waals surface area contributed by atoms with E-state index in [0.29, 0.717) is 46.8 Å². The highest BCUT2D eigenvalue weighted by molar-refractivity contribution is 7.89. The predicted molar refractivity (Wildman–Crippen MR) is 126 cm³/mol. The maximum Gasteiger partial charge on any atom is 0.408 e. The van der Waals surface area contributed by atoms with Gasteiger partial charge in [0.2, 0.25) is 10.0 Å². The Morgan fingerprint density at radius 1 is 1.22 bits per heavy atom. The molecule has 2 unspecified atom stereocenters. The van der Waals surface area contributed by atoms with E-state index >= 15 is 0 Å². The van der Waals surface area contributed by atoms with Crippen molar-refractivity contribution >= 4 is 15.7 Å². The number of rotatable bonds is 5. The average molecular weight is 539 g/mol. The number of fused-ring (bicyclic) bond motifs is 3. The van der Waals surface area contributed by atoms with Crippen LogP contribution in [0.5, 0.6) is 0 Å². The Bertz CT molecular complexity index is 1440. The second kappa shape index (κ2) is 9.04. The van der Waals surface area contributed by atoms with Gasteiger partial charge in [-0.15, -0.1) is 0 Å². The smallest absolute Gasteiger partial charge is 0.370 e. The fourth-order valence-corrected chi connectivity index (χ4v) is 5.74. The van der Waals surface area contributed by atoms with Gasteiger partial charge in [-0.25, -0.2) is 17.7 Å². The Labute approximate surface area is 211 Å². The quantitative estimate of drug-likeness (QED) is 0.528. The Morgan fingerprint density at radius 2 is 1.97 bits per heavy atom. The lowest BCUT2D eigenvalue weighted by atomic mass is 9.90. The van der Waals surface area contributed by atoms with Crippen LogP contribution in [0.25, 0.3) is 11.3 Å². The van der Waals surface area contributed by atoms with E-state index in [0.717, 1.165) is 8.99 Å². The number of anilines is 1. The van der Waals surface area contributed by atoms with Gasteiger partial charge < -0.3 is 14.7 Å². The first-order chi connectivity index (χ1) is 17.4. The number of aryl methyl sites for hydroxylation is 1. The summed E-state index contributed by atoms with van der Waals surface area (Å²) >= 11 is 0. The highest BCUT2D eigenvalue weighted by Crippen LogP contribution is 2.47. The highest BCUT2D eigenvalue weighted by atomic mass is 32.2. The summed E-state index contributed by atoms with van der Waals surface area (Å²) in [5, 5.41) is 15.2. The molecule has 1 fully saturated rings. The molecule has 0 aromatic carbocycles. The lowest BCUT2D eigenvalue weighted by Gasteiger charge is -2.42. The normalized spacial score (nSPS) is 21.8. The summed E-state index contributed by atoms with van der Waals surface area (Å²) in [5.74, 6) is 0. The largest absolute Gasteiger partial charge is 0.408 e. The molecular weight excluding hydrogens is 513 g/mol. The minimum Gasteiger partial charge on any atom is -0.370 e. The summed E-state index contributed by atoms with van der Waals surface area (Å²) in [4.78, 5) is 10.5. The van der Waals surface area contributed by atoms with Crippen LogP contribution in [0.1, 0.15) is 35.6 Å². The number of halogens is 3. The van der Waals surface area contributed by atoms with Crippen molar-refractivity contribution in [2.75, 3.05) is 25.6 Å². The van der Waals surface area contributed by atoms with Gasteiger partial charge in [-0.2, -0.15) is 18.3 Å². The minimum atomic E-state index is -4.43. The lowest BCUT2D eigenvalue weighted by molar-refractivity contribution is -0.142. The Morgan fingerprint density at radius 3 is 2.68 bits per heavy atom. The molecule has 2 aliphatic heterocycles. The molecule has 0 bridgehead atoms. The third-order valence-corrected chi connectivity index (χ3v) is 8.33. The van der Waals surface area contributed by atoms with Gasteiger partial charge in [0.05, 0.1) is 29.3 Å². The number of aromatic nitrogens is 4. The van der Waals surface area contributed by atoms with Crippen molar-refractivity contribution in [3.8, 4) is 11.3 Å². The van der Waals surface area contributed by atoms with Crippen LogP contribution in [0.15, 0.2) is 41.8 Å². The second-order valence-electron chi connectivity index (χ2n) is 9.26. The van der Waals surface area contributed by atoms with E-state index in [4.69, 9.17) is 9.72 Å². The molecule has 198 valence electrons. The summed E-state index contributed by atoms with van der Waals surface area (Å²) in [6.45, 7) is 0.915. The van der Waals surface area contributed by atoms with E-state index in [1.165, 1.54) is 44.9 Å². The topological polar surface area (TPSA) is 114 Å². The van der Waals surface area contributed by atoms with Gasteiger partial charge in [-0.05, 0) is 31.0 Å². The standard InChI is InChI=1S/C23H25F3N6O4S/c1-13-6-17(14-7-16(10-27-8-14)37(34,35)30(2)3)29-20-19(13)22(33)32(18-4-5-36-21(18)20)15-9-28-31(11-15)12-23(24,25)26/h6-11,18,21-22,33H,4-5,12H2,1-3H3/t18-,21?,22?/m1/s1. The molecule has 0 amide bonds. The average Bonchev–Trinajstić information content (AvgIpc) is 3.48. The van der Waals surface area contributed by atoms with Crippen LogP contribution in [-0.2, 0) is 21.3 Å². The van der Waals surface area contributed by atoms with Crippen LogP contribution in [0.2, 0.25) is 0 Å². The van der Waals surface area contributed by atoms with Crippen molar-refractivity contribution in [3.63, 3.8) is 0 Å². The molecule has 3 aromatic heterocycles. The van der Waals surface area contributed by atoms with Crippen LogP contribution >= 0.6 is 0 Å². The third-order valence-electron chi connectivity index (χ3n) is 6.55. The number of ether oxygens (including phenoxy) is 1. The maximum atomic E-state index is 12.8. The van der Waals surface area contributed by atoms with Crippen LogP contribution in [-0.4, -0.2) is 70.5 Å². The summed E-state index contributed by atoms with van der Waals surface area (Å²) in [6.07, 6.45) is -0.312. The van der Waals surface area contributed by atoms with E-state index in [2.05, 4.69) is 10.1 Å². The lowest BCUT2D eigenvalue weighted by Crippen LogP contribution is -2.45. The number of aliphatic hydroxyl groups excluding tert-OH is 1. The monoisotopic (exact) mass is 538 g/mol. The molecule has 5 rings (SSSR count). The number of hydrogen-bond acceptors (Lipinski definition) is 8. The minimum absolute atomic E-state index is 0.0178. The fourth-order valence-electron chi connectivity index (χ4n) is 4.85. The zero-order chi connectivity index (χ0) is 26.7. The third kappa shape index (κ3) is 4.58. The zero-order valence-corrected chi connectivity index (χ0v) is 21.0.